The molecular weight excluding hydrogens is 446 g/mol. The molecule has 1 fully saturated rings. The molecule has 0 saturated carbocycles. The van der Waals surface area contributed by atoms with E-state index in [1.165, 1.54) is 0 Å². The van der Waals surface area contributed by atoms with Gasteiger partial charge >= 0.3 is 0 Å². The molecule has 1 N–H and O–H groups in total. The van der Waals surface area contributed by atoms with Crippen LogP contribution in [0.25, 0.3) is 16.7 Å². The number of ether oxygens (including phenoxy) is 2. The van der Waals surface area contributed by atoms with E-state index in [2.05, 4.69) is 0 Å². The van der Waals surface area contributed by atoms with Gasteiger partial charge in [-0.25, -0.2) is 0 Å². The molecule has 1 saturated heterocycles. The predicted octanol–water partition coefficient (Wildman–Crippen LogP) is 3.47. The van der Waals surface area contributed by atoms with Crippen LogP contribution in [0.4, 0.5) is 5.69 Å². The normalized spacial score (nSPS) is 19.3. The number of anilines is 1. The first-order valence-corrected chi connectivity index (χ1v) is 11.7. The molecule has 5 rings (SSSR count). The maximum absolute atomic E-state index is 13.4. The number of aliphatic hydroxyl groups excluding tert-OH is 1. The fraction of sp³-hybridized carbons (Fsp3) is 0.333. The number of para-hydroxylation sites is 1. The van der Waals surface area contributed by atoms with E-state index >= 15 is 0 Å². The van der Waals surface area contributed by atoms with Crippen LogP contribution in [0.2, 0.25) is 0 Å². The molecule has 1 atom stereocenters. The molecular formula is C27H29N3O5. The third-order valence-corrected chi connectivity index (χ3v) is 6.84. The van der Waals surface area contributed by atoms with Crippen LogP contribution in [-0.2, 0) is 21.4 Å². The second-order valence-corrected chi connectivity index (χ2v) is 9.00. The average molecular weight is 476 g/mol. The number of fused-ring (bicyclic) bond motifs is 2. The number of ketones is 1. The van der Waals surface area contributed by atoms with Gasteiger partial charge in [-0.3, -0.25) is 9.59 Å². The van der Waals surface area contributed by atoms with Gasteiger partial charge < -0.3 is 28.9 Å². The standard InChI is InChI=1S/C27H29N3O5/c1-28-12-14-35-22-10-9-17(15-21(22)28)25(31)23-24(30(11-6-13-34-3)27(33)26(23)32)19-16-29(2)20-8-5-4-7-18(19)20/h4-5,7-10,15-16,24,31H,6,11-14H2,1-3H3/b25-23+. The Kier molecular flexibility index (Phi) is 5.98. The number of rotatable bonds is 6. The van der Waals surface area contributed by atoms with Crippen LogP contribution in [0.1, 0.15) is 23.6 Å². The number of Topliss-reactive ketones (excluding diaryl/α,β-unsaturated/α-hetero) is 1. The lowest BCUT2D eigenvalue weighted by Gasteiger charge is -2.28. The lowest BCUT2D eigenvalue weighted by Crippen LogP contribution is -2.31. The van der Waals surface area contributed by atoms with Crippen molar-refractivity contribution in [2.75, 3.05) is 45.4 Å². The minimum absolute atomic E-state index is 0.100. The van der Waals surface area contributed by atoms with E-state index in [1.807, 2.05) is 60.1 Å². The van der Waals surface area contributed by atoms with E-state index in [4.69, 9.17) is 9.47 Å². The van der Waals surface area contributed by atoms with Gasteiger partial charge in [0, 0.05) is 62.6 Å². The van der Waals surface area contributed by atoms with Gasteiger partial charge in [-0.1, -0.05) is 18.2 Å². The third kappa shape index (κ3) is 3.83. The number of likely N-dealkylation sites (N-methyl/N-ethyl adjacent to an activating group) is 1. The predicted molar refractivity (Wildman–Crippen MR) is 134 cm³/mol. The van der Waals surface area contributed by atoms with Crippen LogP contribution in [-0.4, -0.2) is 66.7 Å². The fourth-order valence-corrected chi connectivity index (χ4v) is 5.06. The van der Waals surface area contributed by atoms with Crippen molar-refractivity contribution in [3.63, 3.8) is 0 Å². The number of nitrogens with zero attached hydrogens (tertiary/aromatic N) is 3. The van der Waals surface area contributed by atoms with Gasteiger partial charge in [0.1, 0.15) is 18.1 Å². The van der Waals surface area contributed by atoms with Crippen LogP contribution in [0.3, 0.4) is 0 Å². The van der Waals surface area contributed by atoms with Crippen LogP contribution < -0.4 is 9.64 Å². The topological polar surface area (TPSA) is 84.2 Å². The van der Waals surface area contributed by atoms with Crippen LogP contribution in [0.5, 0.6) is 5.75 Å². The van der Waals surface area contributed by atoms with Crippen molar-refractivity contribution >= 4 is 34.0 Å². The molecule has 2 aromatic carbocycles. The van der Waals surface area contributed by atoms with Gasteiger partial charge in [-0.15, -0.1) is 0 Å². The number of hydrogen-bond donors (Lipinski definition) is 1. The highest BCUT2D eigenvalue weighted by molar-refractivity contribution is 6.46. The summed E-state index contributed by atoms with van der Waals surface area (Å²) in [4.78, 5) is 30.2. The SMILES string of the molecule is COCCCN1C(=O)C(=O)/C(=C(/O)c2ccc3c(c2)N(C)CCO3)C1c1cn(C)c2ccccc12. The molecule has 1 unspecified atom stereocenters. The van der Waals surface area contributed by atoms with Crippen LogP contribution in [0.15, 0.2) is 54.2 Å². The minimum Gasteiger partial charge on any atom is -0.507 e. The number of aromatic nitrogens is 1. The van der Waals surface area contributed by atoms with E-state index in [9.17, 15) is 14.7 Å². The number of amides is 1. The maximum atomic E-state index is 13.4. The Morgan fingerprint density at radius 2 is 1.97 bits per heavy atom. The zero-order valence-electron chi connectivity index (χ0n) is 20.2. The van der Waals surface area contributed by atoms with Gasteiger partial charge in [0.15, 0.2) is 0 Å². The average Bonchev–Trinajstić information content (AvgIpc) is 3.32. The Morgan fingerprint density at radius 3 is 2.77 bits per heavy atom. The second kappa shape index (κ2) is 9.11. The molecule has 0 bridgehead atoms. The van der Waals surface area contributed by atoms with Crippen molar-refractivity contribution in [2.45, 2.75) is 12.5 Å². The maximum Gasteiger partial charge on any atom is 0.295 e. The lowest BCUT2D eigenvalue weighted by molar-refractivity contribution is -0.140. The monoisotopic (exact) mass is 475 g/mol. The third-order valence-electron chi connectivity index (χ3n) is 6.84. The Bertz CT molecular complexity index is 1340. The van der Waals surface area contributed by atoms with E-state index in [1.54, 1.807) is 24.1 Å². The number of methoxy groups -OCH3 is 1. The molecule has 3 heterocycles. The molecule has 2 aliphatic heterocycles. The van der Waals surface area contributed by atoms with Gasteiger partial charge in [0.2, 0.25) is 0 Å². The smallest absolute Gasteiger partial charge is 0.295 e. The molecule has 3 aromatic rings. The van der Waals surface area contributed by atoms with Gasteiger partial charge in [-0.05, 0) is 30.7 Å². The Morgan fingerprint density at radius 1 is 1.17 bits per heavy atom. The highest BCUT2D eigenvalue weighted by Crippen LogP contribution is 2.43. The fourth-order valence-electron chi connectivity index (χ4n) is 5.06. The summed E-state index contributed by atoms with van der Waals surface area (Å²) in [6.45, 7) is 2.10. The van der Waals surface area contributed by atoms with Crippen molar-refractivity contribution in [3.05, 3.63) is 65.4 Å². The second-order valence-electron chi connectivity index (χ2n) is 9.00. The lowest BCUT2D eigenvalue weighted by atomic mass is 9.94. The summed E-state index contributed by atoms with van der Waals surface area (Å²) >= 11 is 0. The van der Waals surface area contributed by atoms with E-state index in [0.717, 1.165) is 34.4 Å². The number of aliphatic hydroxyl groups is 1. The van der Waals surface area contributed by atoms with Crippen molar-refractivity contribution in [2.24, 2.45) is 7.05 Å². The summed E-state index contributed by atoms with van der Waals surface area (Å²) in [7, 11) is 5.49. The van der Waals surface area contributed by atoms with Crippen molar-refractivity contribution in [3.8, 4) is 5.75 Å². The molecule has 0 aliphatic carbocycles. The van der Waals surface area contributed by atoms with E-state index in [0.29, 0.717) is 31.7 Å². The number of carbonyl (C=O) groups is 2. The van der Waals surface area contributed by atoms with Crippen LogP contribution >= 0.6 is 0 Å². The molecule has 8 nitrogen and oxygen atoms in total. The molecule has 0 radical (unpaired) electrons. The largest absolute Gasteiger partial charge is 0.507 e. The summed E-state index contributed by atoms with van der Waals surface area (Å²) in [5, 5.41) is 12.4. The molecule has 2 aliphatic rings. The minimum atomic E-state index is -0.706. The molecule has 1 aromatic heterocycles. The summed E-state index contributed by atoms with van der Waals surface area (Å²) in [5.74, 6) is -0.752. The first-order chi connectivity index (χ1) is 16.9. The highest BCUT2D eigenvalue weighted by atomic mass is 16.5. The highest BCUT2D eigenvalue weighted by Gasteiger charge is 2.46. The number of likely N-dealkylation sites (tertiary alicyclic amines) is 1. The van der Waals surface area contributed by atoms with Crippen molar-refractivity contribution in [1.82, 2.24) is 9.47 Å². The van der Waals surface area contributed by atoms with Gasteiger partial charge in [-0.2, -0.15) is 0 Å². The summed E-state index contributed by atoms with van der Waals surface area (Å²) in [6, 6.07) is 12.5. The zero-order valence-corrected chi connectivity index (χ0v) is 20.2. The molecule has 8 heteroatoms. The number of benzene rings is 2. The Labute approximate surface area is 203 Å². The van der Waals surface area contributed by atoms with Crippen molar-refractivity contribution in [1.29, 1.82) is 0 Å². The molecule has 182 valence electrons. The summed E-state index contributed by atoms with van der Waals surface area (Å²) in [6.07, 6.45) is 2.51. The van der Waals surface area contributed by atoms with Gasteiger partial charge in [0.05, 0.1) is 23.8 Å². The number of aryl methyl sites for hydroxylation is 1. The Balaban J connectivity index is 1.68. The first kappa shape index (κ1) is 23.0. The molecule has 0 spiro atoms. The summed E-state index contributed by atoms with van der Waals surface area (Å²) < 4.78 is 12.9. The zero-order chi connectivity index (χ0) is 24.7. The van der Waals surface area contributed by atoms with Crippen molar-refractivity contribution < 1.29 is 24.2 Å². The quantitative estimate of drug-likeness (QED) is 0.254. The van der Waals surface area contributed by atoms with E-state index < -0.39 is 17.7 Å². The molecule has 35 heavy (non-hydrogen) atoms. The number of carbonyl (C=O) groups excluding carboxylic acids is 2. The van der Waals surface area contributed by atoms with E-state index in [-0.39, 0.29) is 11.3 Å². The first-order valence-electron chi connectivity index (χ1n) is 11.7. The van der Waals surface area contributed by atoms with Crippen LogP contribution in [0, 0.1) is 0 Å². The molecule has 1 amide bonds. The number of hydrogen-bond acceptors (Lipinski definition) is 6. The summed E-state index contributed by atoms with van der Waals surface area (Å²) in [5.41, 5.74) is 3.19. The van der Waals surface area contributed by atoms with Gasteiger partial charge in [0.25, 0.3) is 11.7 Å². The Hall–Kier alpha value is -3.78.